The minimum absolute atomic E-state index is 0.198. The highest BCUT2D eigenvalue weighted by Gasteiger charge is 2.13. The number of hydrazine groups is 1. The third kappa shape index (κ3) is 2.84. The van der Waals surface area contributed by atoms with Crippen LogP contribution < -0.4 is 25.7 Å². The van der Waals surface area contributed by atoms with Gasteiger partial charge in [-0.25, -0.2) is 10.1 Å². The van der Waals surface area contributed by atoms with E-state index in [2.05, 4.69) is 10.2 Å². The molecule has 0 atom stereocenters. The number of guanidine groups is 1. The molecule has 1 aromatic rings. The van der Waals surface area contributed by atoms with Crippen molar-refractivity contribution in [3.63, 3.8) is 0 Å². The largest absolute Gasteiger partial charge is 0.454 e. The maximum atomic E-state index is 10.0. The fraction of sp³-hybridized carbons (Fsp3) is 0.111. The van der Waals surface area contributed by atoms with Gasteiger partial charge >= 0.3 is 5.96 Å². The van der Waals surface area contributed by atoms with Crippen LogP contribution in [-0.2, 0) is 0 Å². The number of fused-ring (bicyclic) bond motifs is 1. The van der Waals surface area contributed by atoms with Crippen LogP contribution in [0.2, 0.25) is 0 Å². The van der Waals surface area contributed by atoms with Gasteiger partial charge in [-0.15, -0.1) is 5.10 Å². The Morgan fingerprint density at radius 2 is 2.33 bits per heavy atom. The highest BCUT2D eigenvalue weighted by molar-refractivity contribution is 5.78. The van der Waals surface area contributed by atoms with Crippen molar-refractivity contribution in [2.24, 2.45) is 10.8 Å². The highest BCUT2D eigenvalue weighted by atomic mass is 16.7. The molecule has 9 nitrogen and oxygen atoms in total. The van der Waals surface area contributed by atoms with E-state index in [0.717, 1.165) is 5.56 Å². The lowest BCUT2D eigenvalue weighted by Gasteiger charge is -1.94. The molecule has 1 aliphatic heterocycles. The molecule has 1 aliphatic rings. The van der Waals surface area contributed by atoms with Crippen LogP contribution in [-0.4, -0.2) is 24.0 Å². The Morgan fingerprint density at radius 1 is 1.56 bits per heavy atom. The first-order valence-electron chi connectivity index (χ1n) is 4.88. The summed E-state index contributed by atoms with van der Waals surface area (Å²) >= 11 is 0. The van der Waals surface area contributed by atoms with Crippen LogP contribution in [0.3, 0.4) is 0 Å². The number of hydrogen-bond acceptors (Lipinski definition) is 5. The summed E-state index contributed by atoms with van der Waals surface area (Å²) in [5, 5.41) is 15.2. The number of ether oxygens (including phenoxy) is 2. The van der Waals surface area contributed by atoms with Crippen LogP contribution in [0.25, 0.3) is 0 Å². The maximum absolute atomic E-state index is 10.0. The molecule has 0 saturated carbocycles. The molecule has 0 aliphatic carbocycles. The van der Waals surface area contributed by atoms with Gasteiger partial charge in [-0.1, -0.05) is 5.43 Å². The fourth-order valence-electron chi connectivity index (χ4n) is 1.30. The molecular formula is C9H10N5O4+. The molecule has 94 valence electrons. The Bertz CT molecular complexity index is 528. The van der Waals surface area contributed by atoms with Gasteiger partial charge in [0.2, 0.25) is 13.0 Å². The second-order valence-electron chi connectivity index (χ2n) is 3.25. The topological polar surface area (TPSA) is 126 Å². The number of nitrogens with two attached hydrogens (primary N) is 1. The number of nitrogens with one attached hydrogen (secondary N) is 2. The van der Waals surface area contributed by atoms with E-state index < -0.39 is 5.03 Å². The fourth-order valence-corrected chi connectivity index (χ4v) is 1.30. The van der Waals surface area contributed by atoms with Crippen molar-refractivity contribution >= 4 is 12.2 Å². The van der Waals surface area contributed by atoms with Gasteiger partial charge in [0.05, 0.1) is 0 Å². The van der Waals surface area contributed by atoms with Crippen LogP contribution in [0.5, 0.6) is 11.5 Å². The molecule has 2 rings (SSSR count). The zero-order chi connectivity index (χ0) is 13.0. The number of nitrogens with zero attached hydrogens (tertiary/aromatic N) is 2. The van der Waals surface area contributed by atoms with E-state index >= 15 is 0 Å². The summed E-state index contributed by atoms with van der Waals surface area (Å²) in [5.41, 5.74) is 7.65. The minimum Gasteiger partial charge on any atom is -0.454 e. The van der Waals surface area contributed by atoms with Crippen LogP contribution >= 0.6 is 0 Å². The van der Waals surface area contributed by atoms with Crippen molar-refractivity contribution in [2.75, 3.05) is 6.79 Å². The lowest BCUT2D eigenvalue weighted by atomic mass is 10.2. The number of nitro groups is 1. The van der Waals surface area contributed by atoms with Gasteiger partial charge in [0.25, 0.3) is 0 Å². The van der Waals surface area contributed by atoms with Crippen molar-refractivity contribution in [1.82, 2.24) is 5.43 Å². The summed E-state index contributed by atoms with van der Waals surface area (Å²) in [6.07, 6.45) is 1.51. The van der Waals surface area contributed by atoms with E-state index in [0.29, 0.717) is 11.5 Å². The third-order valence-electron chi connectivity index (χ3n) is 2.02. The van der Waals surface area contributed by atoms with E-state index in [1.165, 1.54) is 6.21 Å². The van der Waals surface area contributed by atoms with E-state index in [-0.39, 0.29) is 12.8 Å². The van der Waals surface area contributed by atoms with Crippen LogP contribution in [0.4, 0.5) is 0 Å². The first-order chi connectivity index (χ1) is 8.65. The number of hydrogen-bond donors (Lipinski definition) is 3. The Hall–Kier alpha value is -2.84. The molecule has 0 spiro atoms. The molecule has 0 unspecified atom stereocenters. The normalized spacial score (nSPS) is 13.9. The summed E-state index contributed by atoms with van der Waals surface area (Å²) in [5.74, 6) is 0.952. The van der Waals surface area contributed by atoms with Crippen molar-refractivity contribution in [3.05, 3.63) is 33.9 Å². The smallest absolute Gasteiger partial charge is 0.319 e. The molecule has 0 radical (unpaired) electrons. The summed E-state index contributed by atoms with van der Waals surface area (Å²) in [6, 6.07) is 5.26. The molecule has 0 bridgehead atoms. The molecule has 0 saturated heterocycles. The zero-order valence-corrected chi connectivity index (χ0v) is 9.12. The summed E-state index contributed by atoms with van der Waals surface area (Å²) < 4.78 is 10.3. The third-order valence-corrected chi connectivity index (χ3v) is 2.02. The van der Waals surface area contributed by atoms with Gasteiger partial charge < -0.3 is 15.2 Å². The van der Waals surface area contributed by atoms with E-state index in [1.54, 1.807) is 23.6 Å². The van der Waals surface area contributed by atoms with Gasteiger partial charge in [-0.05, 0) is 18.2 Å². The van der Waals surface area contributed by atoms with E-state index in [4.69, 9.17) is 15.2 Å². The van der Waals surface area contributed by atoms with Gasteiger partial charge in [-0.3, -0.25) is 0 Å². The van der Waals surface area contributed by atoms with Crippen molar-refractivity contribution in [3.8, 4) is 11.5 Å². The van der Waals surface area contributed by atoms with E-state index in [1.807, 2.05) is 0 Å². The number of hydrazone groups is 1. The van der Waals surface area contributed by atoms with Crippen molar-refractivity contribution in [1.29, 1.82) is 0 Å². The maximum Gasteiger partial charge on any atom is 0.319 e. The summed E-state index contributed by atoms with van der Waals surface area (Å²) in [4.78, 5) is 10.0. The quantitative estimate of drug-likeness (QED) is 0.245. The first-order valence-corrected chi connectivity index (χ1v) is 4.88. The van der Waals surface area contributed by atoms with Crippen LogP contribution in [0, 0.1) is 10.1 Å². The first kappa shape index (κ1) is 11.6. The lowest BCUT2D eigenvalue weighted by Crippen LogP contribution is -2.64. The van der Waals surface area contributed by atoms with E-state index in [9.17, 15) is 10.1 Å². The molecule has 0 fully saturated rings. The summed E-state index contributed by atoms with van der Waals surface area (Å²) in [6.45, 7) is 0.198. The average molecular weight is 252 g/mol. The Balaban J connectivity index is 2.03. The second-order valence-corrected chi connectivity index (χ2v) is 3.25. The van der Waals surface area contributed by atoms with Gasteiger partial charge in [-0.2, -0.15) is 0 Å². The summed E-state index contributed by atoms with van der Waals surface area (Å²) in [7, 11) is 0. The predicted octanol–water partition coefficient (Wildman–Crippen LogP) is -2.07. The Labute approximate surface area is 101 Å². The SMILES string of the molecule is NC(=N/[NH+]=C\c1ccc2c(c1)OCO2)N[N+](=O)[O-]. The van der Waals surface area contributed by atoms with Gasteiger partial charge in [0.1, 0.15) is 0 Å². The monoisotopic (exact) mass is 252 g/mol. The van der Waals surface area contributed by atoms with Gasteiger partial charge in [0, 0.05) is 10.7 Å². The Kier molecular flexibility index (Phi) is 3.23. The molecular weight excluding hydrogens is 242 g/mol. The average Bonchev–Trinajstić information content (AvgIpc) is 2.75. The minimum atomic E-state index is -0.804. The molecule has 1 aromatic carbocycles. The van der Waals surface area contributed by atoms with Crippen LogP contribution in [0.15, 0.2) is 23.3 Å². The highest BCUT2D eigenvalue weighted by Crippen LogP contribution is 2.31. The Morgan fingerprint density at radius 3 is 3.11 bits per heavy atom. The lowest BCUT2D eigenvalue weighted by molar-refractivity contribution is -0.528. The van der Waals surface area contributed by atoms with Gasteiger partial charge in [0.15, 0.2) is 16.5 Å². The van der Waals surface area contributed by atoms with Crippen molar-refractivity contribution in [2.45, 2.75) is 0 Å². The van der Waals surface area contributed by atoms with Crippen molar-refractivity contribution < 1.29 is 19.6 Å². The standard InChI is InChI=1S/C9H9N5O4/c10-9(13-14(15)16)12-11-4-6-1-2-7-8(3-6)18-5-17-7/h1-4H,5H2,(H3,10,12,13)/p+1/b11-4-. The molecule has 0 aromatic heterocycles. The molecule has 0 amide bonds. The molecule has 4 N–H and O–H groups in total. The number of benzene rings is 1. The molecule has 9 heteroatoms. The molecule has 1 heterocycles. The predicted molar refractivity (Wildman–Crippen MR) is 60.4 cm³/mol. The molecule has 18 heavy (non-hydrogen) atoms. The van der Waals surface area contributed by atoms with Crippen LogP contribution in [0.1, 0.15) is 5.56 Å². The number of rotatable bonds is 3. The second kappa shape index (κ2) is 4.99. The zero-order valence-electron chi connectivity index (χ0n) is 9.12.